The summed E-state index contributed by atoms with van der Waals surface area (Å²) >= 11 is 0. The van der Waals surface area contributed by atoms with E-state index < -0.39 is 0 Å². The van der Waals surface area contributed by atoms with Gasteiger partial charge in [0.05, 0.1) is 24.9 Å². The van der Waals surface area contributed by atoms with Crippen molar-refractivity contribution in [3.8, 4) is 0 Å². The number of ether oxygens (including phenoxy) is 1. The van der Waals surface area contributed by atoms with Crippen LogP contribution in [0.2, 0.25) is 0 Å². The monoisotopic (exact) mass is 450 g/mol. The molecule has 0 aliphatic carbocycles. The van der Waals surface area contributed by atoms with Crippen LogP contribution in [0.15, 0.2) is 42.6 Å². The third-order valence-corrected chi connectivity index (χ3v) is 7.30. The number of morpholine rings is 1. The van der Waals surface area contributed by atoms with E-state index >= 15 is 0 Å². The fourth-order valence-corrected chi connectivity index (χ4v) is 5.14. The SMILES string of the molecule is Cc1ccccc1C(c1ncccc1C)N(C)C(=O)C1CCN(CCN2CCOCC2)CC1. The molecule has 2 aliphatic rings. The highest BCUT2D eigenvalue weighted by Gasteiger charge is 2.33. The van der Waals surface area contributed by atoms with Crippen molar-refractivity contribution in [3.63, 3.8) is 0 Å². The van der Waals surface area contributed by atoms with Crippen molar-refractivity contribution >= 4 is 5.91 Å². The maximum atomic E-state index is 13.7. The van der Waals surface area contributed by atoms with Gasteiger partial charge >= 0.3 is 0 Å². The lowest BCUT2D eigenvalue weighted by Gasteiger charge is -2.37. The maximum Gasteiger partial charge on any atom is 0.226 e. The van der Waals surface area contributed by atoms with Crippen molar-refractivity contribution in [2.24, 2.45) is 5.92 Å². The molecule has 0 radical (unpaired) electrons. The van der Waals surface area contributed by atoms with Gasteiger partial charge in [-0.3, -0.25) is 14.7 Å². The van der Waals surface area contributed by atoms with Crippen LogP contribution in [0.4, 0.5) is 0 Å². The van der Waals surface area contributed by atoms with Gasteiger partial charge in [0.1, 0.15) is 0 Å². The lowest BCUT2D eigenvalue weighted by atomic mass is 9.91. The molecule has 2 fully saturated rings. The van der Waals surface area contributed by atoms with Crippen LogP contribution in [0, 0.1) is 19.8 Å². The molecule has 33 heavy (non-hydrogen) atoms. The van der Waals surface area contributed by atoms with Crippen LogP contribution in [-0.4, -0.2) is 85.1 Å². The maximum absolute atomic E-state index is 13.7. The average Bonchev–Trinajstić information content (AvgIpc) is 2.85. The first-order valence-electron chi connectivity index (χ1n) is 12.3. The highest BCUT2D eigenvalue weighted by atomic mass is 16.5. The van der Waals surface area contributed by atoms with Gasteiger partial charge in [-0.2, -0.15) is 0 Å². The fraction of sp³-hybridized carbons (Fsp3) is 0.556. The number of hydrogen-bond donors (Lipinski definition) is 0. The molecule has 178 valence electrons. The van der Waals surface area contributed by atoms with Crippen LogP contribution in [0.5, 0.6) is 0 Å². The zero-order valence-corrected chi connectivity index (χ0v) is 20.4. The second-order valence-corrected chi connectivity index (χ2v) is 9.48. The zero-order chi connectivity index (χ0) is 23.2. The molecule has 1 unspecified atom stereocenters. The summed E-state index contributed by atoms with van der Waals surface area (Å²) in [5.74, 6) is 0.311. The van der Waals surface area contributed by atoms with Gasteiger partial charge in [-0.1, -0.05) is 30.3 Å². The molecule has 1 aromatic heterocycles. The van der Waals surface area contributed by atoms with Crippen molar-refractivity contribution in [3.05, 3.63) is 65.0 Å². The summed E-state index contributed by atoms with van der Waals surface area (Å²) in [7, 11) is 1.96. The summed E-state index contributed by atoms with van der Waals surface area (Å²) in [6.45, 7) is 12.1. The summed E-state index contributed by atoms with van der Waals surface area (Å²) in [5, 5.41) is 0. The Kier molecular flexibility index (Phi) is 8.12. The van der Waals surface area contributed by atoms with Crippen molar-refractivity contribution in [1.29, 1.82) is 0 Å². The molecule has 0 bridgehead atoms. The molecule has 1 amide bonds. The number of pyridine rings is 1. The van der Waals surface area contributed by atoms with E-state index in [1.807, 2.05) is 24.2 Å². The van der Waals surface area contributed by atoms with Crippen LogP contribution in [0.3, 0.4) is 0 Å². The van der Waals surface area contributed by atoms with Crippen LogP contribution >= 0.6 is 0 Å². The number of benzene rings is 1. The average molecular weight is 451 g/mol. The smallest absolute Gasteiger partial charge is 0.226 e. The second kappa shape index (κ2) is 11.2. The Balaban J connectivity index is 1.42. The van der Waals surface area contributed by atoms with Crippen molar-refractivity contribution in [1.82, 2.24) is 19.7 Å². The first-order chi connectivity index (χ1) is 16.0. The van der Waals surface area contributed by atoms with Gasteiger partial charge in [-0.15, -0.1) is 0 Å². The van der Waals surface area contributed by atoms with Gasteiger partial charge in [0.2, 0.25) is 5.91 Å². The number of carbonyl (C=O) groups excluding carboxylic acids is 1. The molecule has 2 aliphatic heterocycles. The lowest BCUT2D eigenvalue weighted by molar-refractivity contribution is -0.137. The number of likely N-dealkylation sites (tertiary alicyclic amines) is 1. The van der Waals surface area contributed by atoms with E-state index in [4.69, 9.17) is 9.72 Å². The van der Waals surface area contributed by atoms with Crippen LogP contribution in [0.1, 0.15) is 41.3 Å². The molecule has 1 aromatic carbocycles. The van der Waals surface area contributed by atoms with Crippen molar-refractivity contribution in [2.45, 2.75) is 32.7 Å². The van der Waals surface area contributed by atoms with Crippen LogP contribution < -0.4 is 0 Å². The Morgan fingerprint density at radius 3 is 2.30 bits per heavy atom. The number of rotatable bonds is 7. The quantitative estimate of drug-likeness (QED) is 0.648. The Hall–Kier alpha value is -2.28. The van der Waals surface area contributed by atoms with Gasteiger partial charge in [0, 0.05) is 45.3 Å². The molecule has 1 atom stereocenters. The number of piperidine rings is 1. The summed E-state index contributed by atoms with van der Waals surface area (Å²) in [4.78, 5) is 25.3. The zero-order valence-electron chi connectivity index (χ0n) is 20.4. The summed E-state index contributed by atoms with van der Waals surface area (Å²) in [6.07, 6.45) is 3.68. The van der Waals surface area contributed by atoms with E-state index in [0.717, 1.165) is 82.1 Å². The molecule has 0 N–H and O–H groups in total. The lowest BCUT2D eigenvalue weighted by Crippen LogP contribution is -2.46. The van der Waals surface area contributed by atoms with Crippen LogP contribution in [-0.2, 0) is 9.53 Å². The molecule has 0 saturated carbocycles. The summed E-state index contributed by atoms with van der Waals surface area (Å²) < 4.78 is 5.45. The van der Waals surface area contributed by atoms with Crippen molar-refractivity contribution in [2.75, 3.05) is 59.5 Å². The molecule has 0 spiro atoms. The summed E-state index contributed by atoms with van der Waals surface area (Å²) in [6, 6.07) is 12.2. The topological polar surface area (TPSA) is 48.9 Å². The van der Waals surface area contributed by atoms with E-state index in [9.17, 15) is 4.79 Å². The Morgan fingerprint density at radius 1 is 1.00 bits per heavy atom. The molecule has 6 heteroatoms. The van der Waals surface area contributed by atoms with E-state index in [1.54, 1.807) is 0 Å². The van der Waals surface area contributed by atoms with Gasteiger partial charge in [0.25, 0.3) is 0 Å². The highest BCUT2D eigenvalue weighted by molar-refractivity contribution is 5.79. The molecule has 3 heterocycles. The van der Waals surface area contributed by atoms with Gasteiger partial charge < -0.3 is 14.5 Å². The number of nitrogens with zero attached hydrogens (tertiary/aromatic N) is 4. The third-order valence-electron chi connectivity index (χ3n) is 7.30. The number of amides is 1. The highest BCUT2D eigenvalue weighted by Crippen LogP contribution is 2.33. The minimum atomic E-state index is -0.167. The molecule has 4 rings (SSSR count). The predicted octanol–water partition coefficient (Wildman–Crippen LogP) is 3.29. The molecular weight excluding hydrogens is 412 g/mol. The molecule has 2 aromatic rings. The normalized spacial score (nSPS) is 19.4. The molecule has 6 nitrogen and oxygen atoms in total. The molecular formula is C27H38N4O2. The number of aromatic nitrogens is 1. The first-order valence-corrected chi connectivity index (χ1v) is 12.3. The third kappa shape index (κ3) is 5.81. The Bertz CT molecular complexity index is 874. The predicted molar refractivity (Wildman–Crippen MR) is 131 cm³/mol. The standard InChI is InChI=1S/C27H38N4O2/c1-21-7-4-5-9-24(21)26(25-22(2)8-6-12-28-25)29(3)27(32)23-10-13-30(14-11-23)15-16-31-17-19-33-20-18-31/h4-9,12,23,26H,10-11,13-20H2,1-3H3. The summed E-state index contributed by atoms with van der Waals surface area (Å²) in [5.41, 5.74) is 4.41. The van der Waals surface area contributed by atoms with Crippen LogP contribution in [0.25, 0.3) is 0 Å². The fourth-order valence-electron chi connectivity index (χ4n) is 5.14. The van der Waals surface area contributed by atoms with E-state index in [0.29, 0.717) is 0 Å². The van der Waals surface area contributed by atoms with E-state index in [-0.39, 0.29) is 17.9 Å². The number of aryl methyl sites for hydroxylation is 2. The van der Waals surface area contributed by atoms with Gasteiger partial charge in [-0.25, -0.2) is 0 Å². The van der Waals surface area contributed by atoms with E-state index in [1.165, 1.54) is 5.56 Å². The largest absolute Gasteiger partial charge is 0.379 e. The second-order valence-electron chi connectivity index (χ2n) is 9.48. The minimum absolute atomic E-state index is 0.0742. The van der Waals surface area contributed by atoms with E-state index in [2.05, 4.69) is 54.0 Å². The number of hydrogen-bond acceptors (Lipinski definition) is 5. The number of carbonyl (C=O) groups is 1. The Morgan fingerprint density at radius 2 is 1.64 bits per heavy atom. The van der Waals surface area contributed by atoms with Gasteiger partial charge in [0.15, 0.2) is 0 Å². The minimum Gasteiger partial charge on any atom is -0.379 e. The Labute approximate surface area is 198 Å². The van der Waals surface area contributed by atoms with Crippen molar-refractivity contribution < 1.29 is 9.53 Å². The van der Waals surface area contributed by atoms with Gasteiger partial charge in [-0.05, 0) is 62.5 Å². The molecule has 2 saturated heterocycles. The first kappa shape index (κ1) is 23.9.